The van der Waals surface area contributed by atoms with Gasteiger partial charge in [0.25, 0.3) is 0 Å². The highest BCUT2D eigenvalue weighted by atomic mass is 32.1. The molecule has 0 aromatic carbocycles. The average Bonchev–Trinajstić information content (AvgIpc) is 2.52. The van der Waals surface area contributed by atoms with Gasteiger partial charge in [-0.2, -0.15) is 0 Å². The molecule has 1 aromatic heterocycles. The van der Waals surface area contributed by atoms with Crippen molar-refractivity contribution in [1.82, 2.24) is 0 Å². The summed E-state index contributed by atoms with van der Waals surface area (Å²) < 4.78 is 10.0. The van der Waals surface area contributed by atoms with Crippen LogP contribution in [0.3, 0.4) is 0 Å². The van der Waals surface area contributed by atoms with E-state index in [1.807, 2.05) is 19.9 Å². The molecular formula is C10H14O3S. The number of methoxy groups -OCH3 is 1. The first-order valence-electron chi connectivity index (χ1n) is 4.42. The topological polar surface area (TPSA) is 35.5 Å². The maximum absolute atomic E-state index is 11.4. The molecule has 0 spiro atoms. The number of hydrogen-bond donors (Lipinski definition) is 0. The molecule has 0 bridgehead atoms. The second kappa shape index (κ2) is 5.12. The van der Waals surface area contributed by atoms with Crippen molar-refractivity contribution in [2.45, 2.75) is 26.6 Å². The third kappa shape index (κ3) is 3.12. The molecule has 0 fully saturated rings. The van der Waals surface area contributed by atoms with Crippen LogP contribution in [0.25, 0.3) is 0 Å². The summed E-state index contributed by atoms with van der Waals surface area (Å²) >= 11 is 1.41. The van der Waals surface area contributed by atoms with Crippen molar-refractivity contribution < 1.29 is 14.3 Å². The van der Waals surface area contributed by atoms with Crippen LogP contribution in [0.4, 0.5) is 0 Å². The van der Waals surface area contributed by atoms with Crippen molar-refractivity contribution in [1.29, 1.82) is 0 Å². The Morgan fingerprint density at radius 2 is 2.21 bits per heavy atom. The fourth-order valence-corrected chi connectivity index (χ4v) is 1.84. The van der Waals surface area contributed by atoms with Crippen molar-refractivity contribution in [3.8, 4) is 0 Å². The van der Waals surface area contributed by atoms with E-state index in [2.05, 4.69) is 0 Å². The molecule has 1 heterocycles. The Balaban J connectivity index is 2.62. The van der Waals surface area contributed by atoms with Crippen molar-refractivity contribution >= 4 is 17.3 Å². The molecule has 0 aliphatic rings. The number of hydrogen-bond acceptors (Lipinski definition) is 4. The zero-order valence-electron chi connectivity index (χ0n) is 8.57. The third-order valence-electron chi connectivity index (χ3n) is 1.49. The van der Waals surface area contributed by atoms with Crippen molar-refractivity contribution in [2.24, 2.45) is 0 Å². The lowest BCUT2D eigenvalue weighted by Crippen LogP contribution is -2.09. The predicted molar refractivity (Wildman–Crippen MR) is 55.6 cm³/mol. The molecular weight excluding hydrogens is 200 g/mol. The van der Waals surface area contributed by atoms with Gasteiger partial charge in [-0.3, -0.25) is 0 Å². The molecule has 0 aliphatic carbocycles. The summed E-state index contributed by atoms with van der Waals surface area (Å²) in [6.45, 7) is 4.21. The van der Waals surface area contributed by atoms with E-state index >= 15 is 0 Å². The lowest BCUT2D eigenvalue weighted by molar-refractivity contribution is 0.0384. The summed E-state index contributed by atoms with van der Waals surface area (Å²) in [6, 6.07) is 3.65. The van der Waals surface area contributed by atoms with Crippen LogP contribution >= 0.6 is 11.3 Å². The fraction of sp³-hybridized carbons (Fsp3) is 0.500. The van der Waals surface area contributed by atoms with Crippen molar-refractivity contribution in [2.75, 3.05) is 7.11 Å². The molecule has 1 rings (SSSR count). The van der Waals surface area contributed by atoms with Gasteiger partial charge in [0.2, 0.25) is 0 Å². The molecule has 0 amide bonds. The van der Waals surface area contributed by atoms with Gasteiger partial charge in [0, 0.05) is 12.0 Å². The zero-order valence-corrected chi connectivity index (χ0v) is 9.39. The van der Waals surface area contributed by atoms with Crippen LogP contribution in [-0.2, 0) is 16.1 Å². The summed E-state index contributed by atoms with van der Waals surface area (Å²) in [5, 5.41) is 0. The van der Waals surface area contributed by atoms with Gasteiger partial charge in [-0.25, -0.2) is 4.79 Å². The Hall–Kier alpha value is -0.870. The van der Waals surface area contributed by atoms with Crippen LogP contribution in [-0.4, -0.2) is 19.2 Å². The van der Waals surface area contributed by atoms with Gasteiger partial charge in [0.15, 0.2) is 0 Å². The molecule has 0 saturated heterocycles. The van der Waals surface area contributed by atoms with Gasteiger partial charge in [0.1, 0.15) is 4.88 Å². The molecule has 3 nitrogen and oxygen atoms in total. The first kappa shape index (κ1) is 11.2. The Bertz CT molecular complexity index is 304. The van der Waals surface area contributed by atoms with E-state index in [9.17, 15) is 4.79 Å². The molecule has 78 valence electrons. The summed E-state index contributed by atoms with van der Waals surface area (Å²) in [4.78, 5) is 13.1. The van der Waals surface area contributed by atoms with Gasteiger partial charge in [-0.15, -0.1) is 11.3 Å². The third-order valence-corrected chi connectivity index (χ3v) is 2.53. The highest BCUT2D eigenvalue weighted by Crippen LogP contribution is 2.18. The Labute approximate surface area is 87.7 Å². The summed E-state index contributed by atoms with van der Waals surface area (Å²) in [7, 11) is 1.63. The van der Waals surface area contributed by atoms with Gasteiger partial charge >= 0.3 is 5.97 Å². The largest absolute Gasteiger partial charge is 0.459 e. The molecule has 0 aliphatic heterocycles. The number of thiophene rings is 1. The van der Waals surface area contributed by atoms with Gasteiger partial charge in [0.05, 0.1) is 12.7 Å². The van der Waals surface area contributed by atoms with Gasteiger partial charge in [-0.05, 0) is 26.0 Å². The van der Waals surface area contributed by atoms with Gasteiger partial charge < -0.3 is 9.47 Å². The maximum Gasteiger partial charge on any atom is 0.348 e. The van der Waals surface area contributed by atoms with E-state index in [-0.39, 0.29) is 12.1 Å². The number of rotatable bonds is 4. The Morgan fingerprint density at radius 1 is 1.50 bits per heavy atom. The molecule has 0 unspecified atom stereocenters. The summed E-state index contributed by atoms with van der Waals surface area (Å²) in [5.74, 6) is -0.257. The molecule has 0 radical (unpaired) electrons. The predicted octanol–water partition coefficient (Wildman–Crippen LogP) is 2.46. The molecule has 0 saturated carbocycles. The second-order valence-electron chi connectivity index (χ2n) is 3.15. The van der Waals surface area contributed by atoms with Crippen LogP contribution < -0.4 is 0 Å². The molecule has 4 heteroatoms. The quantitative estimate of drug-likeness (QED) is 0.722. The second-order valence-corrected chi connectivity index (χ2v) is 4.32. The first-order valence-corrected chi connectivity index (χ1v) is 5.23. The minimum Gasteiger partial charge on any atom is -0.459 e. The van der Waals surface area contributed by atoms with Crippen LogP contribution in [0.1, 0.15) is 28.4 Å². The Kier molecular flexibility index (Phi) is 4.10. The number of carbonyl (C=O) groups excluding carboxylic acids is 1. The maximum atomic E-state index is 11.4. The van der Waals surface area contributed by atoms with Crippen LogP contribution in [0.2, 0.25) is 0 Å². The van der Waals surface area contributed by atoms with E-state index in [0.29, 0.717) is 11.5 Å². The Morgan fingerprint density at radius 3 is 2.79 bits per heavy atom. The molecule has 1 aromatic rings. The standard InChI is InChI=1S/C10H14O3S/c1-7(2)13-10(11)9-5-4-8(14-9)6-12-3/h4-5,7H,6H2,1-3H3. The van der Waals surface area contributed by atoms with Crippen LogP contribution in [0.15, 0.2) is 12.1 Å². The summed E-state index contributed by atoms with van der Waals surface area (Å²) in [6.07, 6.45) is -0.0736. The van der Waals surface area contributed by atoms with Crippen molar-refractivity contribution in [3.63, 3.8) is 0 Å². The van der Waals surface area contributed by atoms with E-state index in [1.54, 1.807) is 13.2 Å². The first-order chi connectivity index (χ1) is 6.63. The monoisotopic (exact) mass is 214 g/mol. The SMILES string of the molecule is COCc1ccc(C(=O)OC(C)C)s1. The fourth-order valence-electron chi connectivity index (χ4n) is 0.980. The van der Waals surface area contributed by atoms with E-state index in [0.717, 1.165) is 4.88 Å². The molecule has 0 N–H and O–H groups in total. The minimum absolute atomic E-state index is 0.0736. The lowest BCUT2D eigenvalue weighted by atomic mass is 10.4. The zero-order chi connectivity index (χ0) is 10.6. The number of esters is 1. The highest BCUT2D eigenvalue weighted by molar-refractivity contribution is 7.13. The van der Waals surface area contributed by atoms with Crippen LogP contribution in [0, 0.1) is 0 Å². The minimum atomic E-state index is -0.257. The number of ether oxygens (including phenoxy) is 2. The smallest absolute Gasteiger partial charge is 0.348 e. The van der Waals surface area contributed by atoms with E-state index < -0.39 is 0 Å². The molecule has 0 atom stereocenters. The van der Waals surface area contributed by atoms with E-state index in [4.69, 9.17) is 9.47 Å². The van der Waals surface area contributed by atoms with Gasteiger partial charge in [-0.1, -0.05) is 0 Å². The molecule has 14 heavy (non-hydrogen) atoms. The lowest BCUT2D eigenvalue weighted by Gasteiger charge is -2.05. The average molecular weight is 214 g/mol. The highest BCUT2D eigenvalue weighted by Gasteiger charge is 2.11. The number of carbonyl (C=O) groups is 1. The normalized spacial score (nSPS) is 10.6. The van der Waals surface area contributed by atoms with Crippen LogP contribution in [0.5, 0.6) is 0 Å². The van der Waals surface area contributed by atoms with E-state index in [1.165, 1.54) is 11.3 Å². The summed E-state index contributed by atoms with van der Waals surface area (Å²) in [5.41, 5.74) is 0. The van der Waals surface area contributed by atoms with Crippen molar-refractivity contribution in [3.05, 3.63) is 21.9 Å².